The van der Waals surface area contributed by atoms with E-state index < -0.39 is 17.7 Å². The first-order valence-corrected chi connectivity index (χ1v) is 11.6. The highest BCUT2D eigenvalue weighted by Gasteiger charge is 2.27. The van der Waals surface area contributed by atoms with Gasteiger partial charge in [-0.05, 0) is 76.8 Å². The van der Waals surface area contributed by atoms with E-state index in [4.69, 9.17) is 14.2 Å². The van der Waals surface area contributed by atoms with Gasteiger partial charge in [0.05, 0.1) is 18.2 Å². The van der Waals surface area contributed by atoms with Crippen LogP contribution in [0.3, 0.4) is 0 Å². The minimum atomic E-state index is -0.541. The summed E-state index contributed by atoms with van der Waals surface area (Å²) in [4.78, 5) is 43.6. The van der Waals surface area contributed by atoms with Crippen LogP contribution in [0.25, 0.3) is 11.2 Å². The van der Waals surface area contributed by atoms with Gasteiger partial charge in [-0.1, -0.05) is 0 Å². The van der Waals surface area contributed by atoms with E-state index in [2.05, 4.69) is 15.3 Å². The van der Waals surface area contributed by atoms with Crippen LogP contribution in [-0.4, -0.2) is 45.4 Å². The summed E-state index contributed by atoms with van der Waals surface area (Å²) in [5.74, 6) is 0.397. The molecule has 2 heterocycles. The smallest absolute Gasteiger partial charge is 0.407 e. The fraction of sp³-hybridized carbons (Fsp3) is 0.440. The van der Waals surface area contributed by atoms with E-state index in [0.717, 1.165) is 25.7 Å². The number of hydrogen-bond donors (Lipinski definition) is 2. The first-order valence-electron chi connectivity index (χ1n) is 11.6. The maximum Gasteiger partial charge on any atom is 0.407 e. The Morgan fingerprint density at radius 2 is 1.74 bits per heavy atom. The molecule has 0 unspecified atom stereocenters. The van der Waals surface area contributed by atoms with Crippen LogP contribution in [0.2, 0.25) is 0 Å². The van der Waals surface area contributed by atoms with Gasteiger partial charge in [-0.25, -0.2) is 14.4 Å². The third-order valence-corrected chi connectivity index (χ3v) is 5.83. The number of alkyl carbamates (subject to hydrolysis) is 1. The van der Waals surface area contributed by atoms with Gasteiger partial charge in [-0.2, -0.15) is 4.98 Å². The lowest BCUT2D eigenvalue weighted by Crippen LogP contribution is -2.41. The molecule has 4 rings (SSSR count). The summed E-state index contributed by atoms with van der Waals surface area (Å²) >= 11 is 0. The molecule has 1 aliphatic rings. The van der Waals surface area contributed by atoms with Gasteiger partial charge >= 0.3 is 17.8 Å². The van der Waals surface area contributed by atoms with E-state index >= 15 is 0 Å². The summed E-state index contributed by atoms with van der Waals surface area (Å²) < 4.78 is 17.6. The minimum Gasteiger partial charge on any atom is -0.465 e. The third-order valence-electron chi connectivity index (χ3n) is 5.83. The lowest BCUT2D eigenvalue weighted by Gasteiger charge is -2.30. The minimum absolute atomic E-state index is 0.00682. The van der Waals surface area contributed by atoms with Crippen LogP contribution >= 0.6 is 0 Å². The second kappa shape index (κ2) is 9.81. The lowest BCUT2D eigenvalue weighted by molar-refractivity contribution is 0.0487. The Morgan fingerprint density at radius 3 is 2.37 bits per heavy atom. The van der Waals surface area contributed by atoms with Crippen LogP contribution in [0.5, 0.6) is 11.6 Å². The van der Waals surface area contributed by atoms with Gasteiger partial charge in [0, 0.05) is 18.2 Å². The number of imidazole rings is 1. The number of aromatic amines is 1. The number of pyridine rings is 1. The Balaban J connectivity index is 1.42. The molecule has 35 heavy (non-hydrogen) atoms. The molecule has 0 saturated heterocycles. The normalized spacial score (nSPS) is 18.2. The van der Waals surface area contributed by atoms with Crippen molar-refractivity contribution in [3.8, 4) is 11.6 Å². The van der Waals surface area contributed by atoms with E-state index in [0.29, 0.717) is 28.4 Å². The zero-order valence-electron chi connectivity index (χ0n) is 20.3. The SMILES string of the molecule is COC(=O)c1ccc(Oc2ccc3c(n2)[nH]c(=O)n3C2CCC(NC(=O)OC(C)(C)C)CC2)cc1. The van der Waals surface area contributed by atoms with Crippen LogP contribution < -0.4 is 15.7 Å². The first kappa shape index (κ1) is 24.3. The van der Waals surface area contributed by atoms with Crippen molar-refractivity contribution in [2.45, 2.75) is 64.1 Å². The summed E-state index contributed by atoms with van der Waals surface area (Å²) in [6, 6.07) is 10.0. The number of carbonyl (C=O) groups excluding carboxylic acids is 2. The van der Waals surface area contributed by atoms with E-state index in [1.165, 1.54) is 7.11 Å². The molecule has 1 aliphatic carbocycles. The quantitative estimate of drug-likeness (QED) is 0.519. The molecule has 0 radical (unpaired) electrons. The van der Waals surface area contributed by atoms with Gasteiger partial charge in [-0.15, -0.1) is 0 Å². The van der Waals surface area contributed by atoms with Crippen LogP contribution in [0.15, 0.2) is 41.2 Å². The average molecular weight is 483 g/mol. The molecule has 2 aromatic heterocycles. The van der Waals surface area contributed by atoms with Gasteiger partial charge in [0.25, 0.3) is 0 Å². The summed E-state index contributed by atoms with van der Waals surface area (Å²) in [5, 5.41) is 2.93. The van der Waals surface area contributed by atoms with E-state index in [1.54, 1.807) is 34.9 Å². The van der Waals surface area contributed by atoms with Crippen LogP contribution in [-0.2, 0) is 9.47 Å². The number of methoxy groups -OCH3 is 1. The maximum absolute atomic E-state index is 12.7. The predicted octanol–water partition coefficient (Wildman–Crippen LogP) is 4.31. The average Bonchev–Trinajstić information content (AvgIpc) is 3.13. The number of nitrogens with one attached hydrogen (secondary N) is 2. The molecule has 1 aromatic carbocycles. The molecule has 1 amide bonds. The molecule has 186 valence electrons. The van der Waals surface area contributed by atoms with Crippen molar-refractivity contribution < 1.29 is 23.8 Å². The standard InChI is InChI=1S/C25H30N4O6/c1-25(2,3)35-24(32)26-16-7-9-17(10-8-16)29-19-13-14-20(27-21(19)28-23(29)31)34-18-11-5-15(6-12-18)22(30)33-4/h5-6,11-14,16-17H,7-10H2,1-4H3,(H,26,32)(H,27,28,31). The molecule has 10 nitrogen and oxygen atoms in total. The molecule has 1 fully saturated rings. The molecule has 2 N–H and O–H groups in total. The van der Waals surface area contributed by atoms with Crippen molar-refractivity contribution in [3.63, 3.8) is 0 Å². The summed E-state index contributed by atoms with van der Waals surface area (Å²) in [6.07, 6.45) is 2.58. The van der Waals surface area contributed by atoms with Crippen molar-refractivity contribution in [3.05, 3.63) is 52.4 Å². The number of amides is 1. The maximum atomic E-state index is 12.7. The van der Waals surface area contributed by atoms with Crippen molar-refractivity contribution in [2.75, 3.05) is 7.11 Å². The molecule has 0 atom stereocenters. The molecule has 0 bridgehead atoms. The molecule has 10 heteroatoms. The van der Waals surface area contributed by atoms with E-state index in [9.17, 15) is 14.4 Å². The third kappa shape index (κ3) is 5.82. The highest BCUT2D eigenvalue weighted by Crippen LogP contribution is 2.31. The molecule has 1 saturated carbocycles. The fourth-order valence-electron chi connectivity index (χ4n) is 4.26. The largest absolute Gasteiger partial charge is 0.465 e. The van der Waals surface area contributed by atoms with Crippen molar-refractivity contribution in [1.82, 2.24) is 19.9 Å². The first-order chi connectivity index (χ1) is 16.6. The van der Waals surface area contributed by atoms with Gasteiger partial charge < -0.3 is 19.5 Å². The van der Waals surface area contributed by atoms with Crippen LogP contribution in [0, 0.1) is 0 Å². The number of aromatic nitrogens is 3. The Morgan fingerprint density at radius 1 is 1.06 bits per heavy atom. The Hall–Kier alpha value is -3.82. The fourth-order valence-corrected chi connectivity index (χ4v) is 4.26. The van der Waals surface area contributed by atoms with Gasteiger partial charge in [0.15, 0.2) is 5.65 Å². The zero-order chi connectivity index (χ0) is 25.2. The molecular weight excluding hydrogens is 452 g/mol. The molecule has 3 aromatic rings. The number of hydrogen-bond acceptors (Lipinski definition) is 7. The summed E-state index contributed by atoms with van der Waals surface area (Å²) in [7, 11) is 1.32. The van der Waals surface area contributed by atoms with E-state index in [-0.39, 0.29) is 17.8 Å². The molecule has 0 aliphatic heterocycles. The lowest BCUT2D eigenvalue weighted by atomic mass is 9.91. The van der Waals surface area contributed by atoms with Crippen molar-refractivity contribution in [2.24, 2.45) is 0 Å². The van der Waals surface area contributed by atoms with Crippen LogP contribution in [0.4, 0.5) is 4.79 Å². The van der Waals surface area contributed by atoms with Crippen molar-refractivity contribution in [1.29, 1.82) is 0 Å². The Bertz CT molecular complexity index is 1260. The highest BCUT2D eigenvalue weighted by atomic mass is 16.6. The molecular formula is C25H30N4O6. The monoisotopic (exact) mass is 482 g/mol. The number of nitrogens with zero attached hydrogens (tertiary/aromatic N) is 2. The van der Waals surface area contributed by atoms with Crippen LogP contribution in [0.1, 0.15) is 62.9 Å². The van der Waals surface area contributed by atoms with Gasteiger partial charge in [0.2, 0.25) is 5.88 Å². The summed E-state index contributed by atoms with van der Waals surface area (Å²) in [6.45, 7) is 5.49. The number of fused-ring (bicyclic) bond motifs is 1. The zero-order valence-corrected chi connectivity index (χ0v) is 20.3. The Kier molecular flexibility index (Phi) is 6.81. The Labute approximate surface area is 202 Å². The highest BCUT2D eigenvalue weighted by molar-refractivity contribution is 5.89. The summed E-state index contributed by atoms with van der Waals surface area (Å²) in [5.41, 5.74) is 0.789. The number of carbonyl (C=O) groups is 2. The van der Waals surface area contributed by atoms with Gasteiger partial charge in [-0.3, -0.25) is 9.55 Å². The number of esters is 1. The van der Waals surface area contributed by atoms with E-state index in [1.807, 2.05) is 26.8 Å². The number of rotatable bonds is 5. The second-order valence-electron chi connectivity index (χ2n) is 9.59. The van der Waals surface area contributed by atoms with Gasteiger partial charge in [0.1, 0.15) is 11.4 Å². The molecule has 0 spiro atoms. The topological polar surface area (TPSA) is 125 Å². The number of H-pyrrole nitrogens is 1. The predicted molar refractivity (Wildman–Crippen MR) is 129 cm³/mol. The second-order valence-corrected chi connectivity index (χ2v) is 9.59. The number of ether oxygens (including phenoxy) is 3. The number of benzene rings is 1. The van der Waals surface area contributed by atoms with Crippen molar-refractivity contribution >= 4 is 23.2 Å².